The van der Waals surface area contributed by atoms with Gasteiger partial charge in [0.05, 0.1) is 17.2 Å². The van der Waals surface area contributed by atoms with Crippen LogP contribution in [0, 0.1) is 11.3 Å². The van der Waals surface area contributed by atoms with Crippen molar-refractivity contribution in [1.82, 2.24) is 0 Å². The Balaban J connectivity index is 2.14. The molecule has 0 aliphatic carbocycles. The molecule has 1 N–H and O–H groups in total. The van der Waals surface area contributed by atoms with Crippen LogP contribution in [0.15, 0.2) is 48.5 Å². The molecule has 2 aromatic rings. The fourth-order valence-electron chi connectivity index (χ4n) is 1.68. The van der Waals surface area contributed by atoms with Gasteiger partial charge in [-0.15, -0.1) is 0 Å². The zero-order valence-electron chi connectivity index (χ0n) is 10.6. The summed E-state index contributed by atoms with van der Waals surface area (Å²) in [7, 11) is 0. The number of halogens is 3. The summed E-state index contributed by atoms with van der Waals surface area (Å²) in [6.45, 7) is 0. The highest BCUT2D eigenvalue weighted by atomic mass is 19.4. The number of amides is 1. The molecule has 0 aromatic heterocycles. The van der Waals surface area contributed by atoms with Gasteiger partial charge in [-0.25, -0.2) is 0 Å². The lowest BCUT2D eigenvalue weighted by atomic mass is 10.1. The van der Waals surface area contributed by atoms with E-state index in [0.717, 1.165) is 12.1 Å². The van der Waals surface area contributed by atoms with E-state index in [2.05, 4.69) is 5.32 Å². The maximum Gasteiger partial charge on any atom is 0.416 e. The molecule has 0 unspecified atom stereocenters. The molecule has 0 saturated heterocycles. The van der Waals surface area contributed by atoms with Crippen molar-refractivity contribution in [2.24, 2.45) is 0 Å². The van der Waals surface area contributed by atoms with Crippen LogP contribution in [0.5, 0.6) is 0 Å². The number of nitriles is 1. The lowest BCUT2D eigenvalue weighted by Crippen LogP contribution is -2.12. The summed E-state index contributed by atoms with van der Waals surface area (Å²) in [5.41, 5.74) is 0.0476. The average molecular weight is 290 g/mol. The van der Waals surface area contributed by atoms with E-state index in [-0.39, 0.29) is 11.3 Å². The second-order valence-corrected chi connectivity index (χ2v) is 4.22. The molecular weight excluding hydrogens is 281 g/mol. The highest BCUT2D eigenvalue weighted by molar-refractivity contribution is 6.04. The molecule has 0 heterocycles. The van der Waals surface area contributed by atoms with Gasteiger partial charge in [0.25, 0.3) is 5.91 Å². The van der Waals surface area contributed by atoms with Crippen LogP contribution in [-0.4, -0.2) is 5.91 Å². The van der Waals surface area contributed by atoms with Crippen molar-refractivity contribution in [1.29, 1.82) is 5.26 Å². The van der Waals surface area contributed by atoms with Gasteiger partial charge < -0.3 is 5.32 Å². The Bertz CT molecular complexity index is 700. The quantitative estimate of drug-likeness (QED) is 0.913. The molecule has 2 aromatic carbocycles. The number of nitrogens with zero attached hydrogens (tertiary/aromatic N) is 1. The standard InChI is InChI=1S/C15H9F3N2O/c16-15(17,18)12-4-6-13(7-5-12)20-14(21)11-3-1-2-10(8-11)9-19/h1-8H,(H,20,21). The van der Waals surface area contributed by atoms with Crippen molar-refractivity contribution in [2.45, 2.75) is 6.18 Å². The zero-order chi connectivity index (χ0) is 15.5. The van der Waals surface area contributed by atoms with Crippen LogP contribution in [0.2, 0.25) is 0 Å². The molecule has 0 radical (unpaired) electrons. The molecular formula is C15H9F3N2O. The van der Waals surface area contributed by atoms with Gasteiger partial charge in [0.2, 0.25) is 0 Å². The summed E-state index contributed by atoms with van der Waals surface area (Å²) in [6, 6.07) is 12.1. The van der Waals surface area contributed by atoms with Crippen LogP contribution < -0.4 is 5.32 Å². The van der Waals surface area contributed by atoms with Gasteiger partial charge >= 0.3 is 6.18 Å². The number of carbonyl (C=O) groups excluding carboxylic acids is 1. The Labute approximate surface area is 118 Å². The minimum absolute atomic E-state index is 0.246. The molecule has 0 aliphatic heterocycles. The summed E-state index contributed by atoms with van der Waals surface area (Å²) in [4.78, 5) is 11.9. The first-order chi connectivity index (χ1) is 9.90. The van der Waals surface area contributed by atoms with E-state index >= 15 is 0 Å². The van der Waals surface area contributed by atoms with Gasteiger partial charge in [-0.2, -0.15) is 18.4 Å². The van der Waals surface area contributed by atoms with E-state index in [4.69, 9.17) is 5.26 Å². The molecule has 0 fully saturated rings. The van der Waals surface area contributed by atoms with Crippen LogP contribution in [0.4, 0.5) is 18.9 Å². The number of hydrogen-bond acceptors (Lipinski definition) is 2. The van der Waals surface area contributed by atoms with E-state index in [1.54, 1.807) is 12.1 Å². The Morgan fingerprint density at radius 1 is 1.10 bits per heavy atom. The molecule has 0 saturated carbocycles. The molecule has 0 bridgehead atoms. The number of carbonyl (C=O) groups is 1. The predicted octanol–water partition coefficient (Wildman–Crippen LogP) is 3.83. The van der Waals surface area contributed by atoms with Gasteiger partial charge in [-0.3, -0.25) is 4.79 Å². The Morgan fingerprint density at radius 2 is 1.76 bits per heavy atom. The minimum atomic E-state index is -4.41. The van der Waals surface area contributed by atoms with Crippen LogP contribution in [0.3, 0.4) is 0 Å². The monoisotopic (exact) mass is 290 g/mol. The van der Waals surface area contributed by atoms with E-state index in [1.165, 1.54) is 24.3 Å². The summed E-state index contributed by atoms with van der Waals surface area (Å²) < 4.78 is 37.2. The molecule has 6 heteroatoms. The third-order valence-corrected chi connectivity index (χ3v) is 2.72. The van der Waals surface area contributed by atoms with Crippen molar-refractivity contribution < 1.29 is 18.0 Å². The minimum Gasteiger partial charge on any atom is -0.322 e. The summed E-state index contributed by atoms with van der Waals surface area (Å²) in [6.07, 6.45) is -4.41. The molecule has 0 spiro atoms. The highest BCUT2D eigenvalue weighted by Crippen LogP contribution is 2.29. The third-order valence-electron chi connectivity index (χ3n) is 2.72. The molecule has 106 valence electrons. The summed E-state index contributed by atoms with van der Waals surface area (Å²) in [5.74, 6) is -0.494. The fourth-order valence-corrected chi connectivity index (χ4v) is 1.68. The number of benzene rings is 2. The van der Waals surface area contributed by atoms with Crippen molar-refractivity contribution in [3.8, 4) is 6.07 Å². The SMILES string of the molecule is N#Cc1cccc(C(=O)Nc2ccc(C(F)(F)F)cc2)c1. The zero-order valence-corrected chi connectivity index (χ0v) is 10.6. The Hall–Kier alpha value is -2.81. The van der Waals surface area contributed by atoms with E-state index < -0.39 is 17.6 Å². The van der Waals surface area contributed by atoms with E-state index in [1.807, 2.05) is 6.07 Å². The molecule has 1 amide bonds. The average Bonchev–Trinajstić information content (AvgIpc) is 2.47. The van der Waals surface area contributed by atoms with Gasteiger partial charge in [-0.1, -0.05) is 6.07 Å². The molecule has 0 atom stereocenters. The normalized spacial score (nSPS) is 10.8. The van der Waals surface area contributed by atoms with Crippen molar-refractivity contribution >= 4 is 11.6 Å². The third kappa shape index (κ3) is 3.60. The largest absolute Gasteiger partial charge is 0.416 e. The summed E-state index contributed by atoms with van der Waals surface area (Å²) >= 11 is 0. The smallest absolute Gasteiger partial charge is 0.322 e. The predicted molar refractivity (Wildman–Crippen MR) is 70.6 cm³/mol. The fraction of sp³-hybridized carbons (Fsp3) is 0.0667. The molecule has 21 heavy (non-hydrogen) atoms. The lowest BCUT2D eigenvalue weighted by Gasteiger charge is -2.09. The second kappa shape index (κ2) is 5.67. The van der Waals surface area contributed by atoms with Gasteiger partial charge in [-0.05, 0) is 42.5 Å². The number of nitrogens with one attached hydrogen (secondary N) is 1. The van der Waals surface area contributed by atoms with E-state index in [9.17, 15) is 18.0 Å². The number of rotatable bonds is 2. The Morgan fingerprint density at radius 3 is 2.33 bits per heavy atom. The first kappa shape index (κ1) is 14.6. The van der Waals surface area contributed by atoms with Crippen molar-refractivity contribution in [3.63, 3.8) is 0 Å². The lowest BCUT2D eigenvalue weighted by molar-refractivity contribution is -0.137. The van der Waals surface area contributed by atoms with Gasteiger partial charge in [0, 0.05) is 11.3 Å². The van der Waals surface area contributed by atoms with Gasteiger partial charge in [0.1, 0.15) is 0 Å². The second-order valence-electron chi connectivity index (χ2n) is 4.22. The molecule has 0 aliphatic rings. The number of anilines is 1. The topological polar surface area (TPSA) is 52.9 Å². The Kier molecular flexibility index (Phi) is 3.94. The number of alkyl halides is 3. The van der Waals surface area contributed by atoms with Gasteiger partial charge in [0.15, 0.2) is 0 Å². The number of hydrogen-bond donors (Lipinski definition) is 1. The van der Waals surface area contributed by atoms with Crippen molar-refractivity contribution in [2.75, 3.05) is 5.32 Å². The maximum absolute atomic E-state index is 12.4. The maximum atomic E-state index is 12.4. The van der Waals surface area contributed by atoms with Crippen LogP contribution in [0.1, 0.15) is 21.5 Å². The highest BCUT2D eigenvalue weighted by Gasteiger charge is 2.29. The molecule has 2 rings (SSSR count). The van der Waals surface area contributed by atoms with Crippen LogP contribution in [-0.2, 0) is 6.18 Å². The first-order valence-corrected chi connectivity index (χ1v) is 5.89. The van der Waals surface area contributed by atoms with Crippen LogP contribution >= 0.6 is 0 Å². The van der Waals surface area contributed by atoms with Crippen LogP contribution in [0.25, 0.3) is 0 Å². The summed E-state index contributed by atoms with van der Waals surface area (Å²) in [5, 5.41) is 11.2. The first-order valence-electron chi connectivity index (χ1n) is 5.89. The van der Waals surface area contributed by atoms with Crippen molar-refractivity contribution in [3.05, 3.63) is 65.2 Å². The molecule has 3 nitrogen and oxygen atoms in total. The van der Waals surface area contributed by atoms with E-state index in [0.29, 0.717) is 5.56 Å².